The number of hydrogen-bond donors (Lipinski definition) is 3. The number of aromatic hydroxyl groups is 1. The van der Waals surface area contributed by atoms with Gasteiger partial charge in [0.05, 0.1) is 16.1 Å². The Balaban J connectivity index is 1.31. The van der Waals surface area contributed by atoms with Crippen molar-refractivity contribution in [1.82, 2.24) is 19.2 Å². The highest BCUT2D eigenvalue weighted by molar-refractivity contribution is 7.89. The quantitative estimate of drug-likeness (QED) is 0.108. The van der Waals surface area contributed by atoms with E-state index < -0.39 is 31.8 Å². The molecule has 6 rings (SSSR count). The Kier molecular flexibility index (Phi) is 11.4. The molecule has 5 aromatic carbocycles. The summed E-state index contributed by atoms with van der Waals surface area (Å²) >= 11 is 12.3. The highest BCUT2D eigenvalue weighted by Crippen LogP contribution is 2.37. The summed E-state index contributed by atoms with van der Waals surface area (Å²) in [7, 11) is -4.40. The summed E-state index contributed by atoms with van der Waals surface area (Å²) in [5, 5.41) is 10.6. The number of hydrogen-bond acceptors (Lipinski definition) is 6. The van der Waals surface area contributed by atoms with Crippen LogP contribution >= 0.6 is 23.2 Å². The van der Waals surface area contributed by atoms with Crippen molar-refractivity contribution in [2.75, 3.05) is 6.54 Å². The van der Waals surface area contributed by atoms with Gasteiger partial charge >= 0.3 is 11.1 Å². The number of aromatic nitrogens is 2. The maximum absolute atomic E-state index is 14.3. The number of carbonyl (C=O) groups is 1. The van der Waals surface area contributed by atoms with Gasteiger partial charge in [-0.3, -0.25) is 14.4 Å². The summed E-state index contributed by atoms with van der Waals surface area (Å²) in [5.74, 6) is -1.18. The molecule has 1 amide bonds. The zero-order valence-corrected chi connectivity index (χ0v) is 31.5. The molecule has 0 fully saturated rings. The number of carbonyl (C=O) groups excluding carboxylic acids is 1. The second kappa shape index (κ2) is 16.0. The van der Waals surface area contributed by atoms with Gasteiger partial charge in [0, 0.05) is 36.8 Å². The Morgan fingerprint density at radius 1 is 0.759 bits per heavy atom. The van der Waals surface area contributed by atoms with E-state index in [-0.39, 0.29) is 47.3 Å². The summed E-state index contributed by atoms with van der Waals surface area (Å²) in [5.41, 5.74) is 2.98. The standard InChI is InChI=1S/C40H35Cl2FN4O6S/c1-24(2)20-46(40(51)30-12-15-34-35(17-30)45-39(50)38(49)44-34)21-26-4-3-5-27(16-26)23-47(54(52,53)36-19-31(41)18-33(42)37(36)48)22-25-6-8-28(9-7-25)29-10-13-32(43)14-11-29/h3-19,24,48H,20-23H2,1-2H3,(H,44,49)(H,45,50). The molecular formula is C40H35Cl2FN4O6S. The van der Waals surface area contributed by atoms with Crippen molar-refractivity contribution in [2.24, 2.45) is 5.92 Å². The zero-order valence-electron chi connectivity index (χ0n) is 29.1. The molecule has 0 saturated carbocycles. The van der Waals surface area contributed by atoms with Gasteiger partial charge in [-0.2, -0.15) is 4.31 Å². The van der Waals surface area contributed by atoms with Gasteiger partial charge in [-0.25, -0.2) is 12.8 Å². The molecule has 14 heteroatoms. The van der Waals surface area contributed by atoms with E-state index in [9.17, 15) is 32.3 Å². The molecule has 1 aromatic heterocycles. The number of H-pyrrole nitrogens is 2. The Hall–Kier alpha value is -5.27. The van der Waals surface area contributed by atoms with Gasteiger partial charge in [0.1, 0.15) is 10.7 Å². The molecule has 10 nitrogen and oxygen atoms in total. The van der Waals surface area contributed by atoms with Gasteiger partial charge in [-0.1, -0.05) is 97.7 Å². The third-order valence-electron chi connectivity index (χ3n) is 8.67. The van der Waals surface area contributed by atoms with Crippen molar-refractivity contribution in [1.29, 1.82) is 0 Å². The molecule has 0 radical (unpaired) electrons. The average Bonchev–Trinajstić information content (AvgIpc) is 3.13. The molecular weight excluding hydrogens is 754 g/mol. The van der Waals surface area contributed by atoms with Gasteiger partial charge in [0.2, 0.25) is 10.0 Å². The summed E-state index contributed by atoms with van der Waals surface area (Å²) < 4.78 is 43.2. The van der Waals surface area contributed by atoms with Crippen LogP contribution < -0.4 is 11.1 Å². The largest absolute Gasteiger partial charge is 0.505 e. The number of halogens is 3. The monoisotopic (exact) mass is 788 g/mol. The zero-order chi connectivity index (χ0) is 38.7. The molecule has 0 aliphatic rings. The van der Waals surface area contributed by atoms with Crippen LogP contribution in [0.25, 0.3) is 22.2 Å². The molecule has 0 atom stereocenters. The smallest absolute Gasteiger partial charge is 0.314 e. The first-order valence-corrected chi connectivity index (χ1v) is 19.0. The maximum atomic E-state index is 14.3. The number of benzene rings is 5. The van der Waals surface area contributed by atoms with E-state index in [2.05, 4.69) is 9.97 Å². The second-order valence-corrected chi connectivity index (χ2v) is 16.0. The van der Waals surface area contributed by atoms with E-state index in [1.165, 1.54) is 28.6 Å². The van der Waals surface area contributed by atoms with Gasteiger partial charge in [0.15, 0.2) is 5.75 Å². The number of sulfonamides is 1. The van der Waals surface area contributed by atoms with Crippen LogP contribution in [-0.2, 0) is 29.7 Å². The lowest BCUT2D eigenvalue weighted by Crippen LogP contribution is -2.34. The van der Waals surface area contributed by atoms with E-state index in [1.54, 1.807) is 53.4 Å². The molecule has 0 unspecified atom stereocenters. The lowest BCUT2D eigenvalue weighted by molar-refractivity contribution is 0.0722. The first-order valence-electron chi connectivity index (χ1n) is 16.8. The van der Waals surface area contributed by atoms with Crippen LogP contribution in [0.3, 0.4) is 0 Å². The fourth-order valence-corrected chi connectivity index (χ4v) is 8.25. The minimum Gasteiger partial charge on any atom is -0.505 e. The summed E-state index contributed by atoms with van der Waals surface area (Å²) in [6, 6.07) is 27.5. The molecule has 278 valence electrons. The highest BCUT2D eigenvalue weighted by atomic mass is 35.5. The minimum absolute atomic E-state index is 0.0305. The first kappa shape index (κ1) is 38.5. The van der Waals surface area contributed by atoms with Crippen molar-refractivity contribution in [3.63, 3.8) is 0 Å². The second-order valence-electron chi connectivity index (χ2n) is 13.3. The number of nitrogens with zero attached hydrogens (tertiary/aromatic N) is 2. The SMILES string of the molecule is CC(C)CN(Cc1cccc(CN(Cc2ccc(-c3ccc(F)cc3)cc2)S(=O)(=O)c2cc(Cl)cc(Cl)c2O)c1)C(=O)c1ccc2[nH]c(=O)c(=O)[nH]c2c1. The number of aromatic amines is 2. The third kappa shape index (κ3) is 8.74. The molecule has 0 aliphatic carbocycles. The molecule has 0 bridgehead atoms. The van der Waals surface area contributed by atoms with Crippen LogP contribution in [0, 0.1) is 11.7 Å². The Morgan fingerprint density at radius 2 is 1.35 bits per heavy atom. The van der Waals surface area contributed by atoms with Crippen LogP contribution in [0.2, 0.25) is 10.0 Å². The lowest BCUT2D eigenvalue weighted by Gasteiger charge is -2.26. The van der Waals surface area contributed by atoms with Crippen molar-refractivity contribution in [2.45, 2.75) is 38.4 Å². The predicted octanol–water partition coefficient (Wildman–Crippen LogP) is 7.72. The molecule has 0 aliphatic heterocycles. The number of amides is 1. The first-order chi connectivity index (χ1) is 25.7. The van der Waals surface area contributed by atoms with E-state index in [1.807, 2.05) is 38.1 Å². The summed E-state index contributed by atoms with van der Waals surface area (Å²) in [4.78, 5) is 43.8. The van der Waals surface area contributed by atoms with Crippen molar-refractivity contribution >= 4 is 50.2 Å². The number of rotatable bonds is 12. The predicted molar refractivity (Wildman–Crippen MR) is 208 cm³/mol. The lowest BCUT2D eigenvalue weighted by atomic mass is 10.0. The Bertz CT molecular complexity index is 2580. The molecule has 1 heterocycles. The number of phenolic OH excluding ortho intramolecular Hbond substituents is 1. The maximum Gasteiger partial charge on any atom is 0.314 e. The third-order valence-corrected chi connectivity index (χ3v) is 11.0. The van der Waals surface area contributed by atoms with E-state index >= 15 is 0 Å². The topological polar surface area (TPSA) is 144 Å². The van der Waals surface area contributed by atoms with Crippen molar-refractivity contribution in [3.8, 4) is 16.9 Å². The van der Waals surface area contributed by atoms with Crippen LogP contribution in [0.15, 0.2) is 118 Å². The molecule has 0 saturated heterocycles. The van der Waals surface area contributed by atoms with Gasteiger partial charge in [-0.15, -0.1) is 0 Å². The number of fused-ring (bicyclic) bond motifs is 1. The van der Waals surface area contributed by atoms with Crippen LogP contribution in [0.4, 0.5) is 4.39 Å². The van der Waals surface area contributed by atoms with Crippen molar-refractivity contribution < 1.29 is 22.7 Å². The van der Waals surface area contributed by atoms with E-state index in [0.717, 1.165) is 22.8 Å². The van der Waals surface area contributed by atoms with Gasteiger partial charge in [0.25, 0.3) is 5.91 Å². The van der Waals surface area contributed by atoms with Gasteiger partial charge < -0.3 is 20.0 Å². The molecule has 54 heavy (non-hydrogen) atoms. The average molecular weight is 790 g/mol. The minimum atomic E-state index is -4.40. The Labute approximate surface area is 320 Å². The summed E-state index contributed by atoms with van der Waals surface area (Å²) in [6.07, 6.45) is 0. The van der Waals surface area contributed by atoms with Crippen molar-refractivity contribution in [3.05, 3.63) is 162 Å². The van der Waals surface area contributed by atoms with E-state index in [0.29, 0.717) is 34.3 Å². The number of phenols is 1. The molecule has 3 N–H and O–H groups in total. The van der Waals surface area contributed by atoms with Gasteiger partial charge in [-0.05, 0) is 76.2 Å². The van der Waals surface area contributed by atoms with E-state index in [4.69, 9.17) is 23.2 Å². The Morgan fingerprint density at radius 3 is 2.00 bits per heavy atom. The fourth-order valence-electron chi connectivity index (χ4n) is 6.09. The normalized spacial score (nSPS) is 11.8. The van der Waals surface area contributed by atoms with Crippen LogP contribution in [0.1, 0.15) is 40.9 Å². The molecule has 6 aromatic rings. The fraction of sp³-hybridized carbons (Fsp3) is 0.175. The molecule has 0 spiro atoms. The van der Waals surface area contributed by atoms with Crippen LogP contribution in [0.5, 0.6) is 5.75 Å². The summed E-state index contributed by atoms with van der Waals surface area (Å²) in [6.45, 7) is 4.33. The number of nitrogens with one attached hydrogen (secondary N) is 2. The highest BCUT2D eigenvalue weighted by Gasteiger charge is 2.30. The van der Waals surface area contributed by atoms with Crippen LogP contribution in [-0.4, -0.2) is 45.1 Å².